The zero-order valence-corrected chi connectivity index (χ0v) is 20.6. The van der Waals surface area contributed by atoms with Crippen LogP contribution in [0.4, 0.5) is 13.2 Å². The molecule has 1 saturated heterocycles. The molecule has 1 aliphatic heterocycles. The Morgan fingerprint density at radius 3 is 2.03 bits per heavy atom. The molecule has 12 heteroatoms. The molecule has 1 amide bonds. The Labute approximate surface area is 208 Å². The number of hydrogen-bond donors (Lipinski definition) is 2. The maximum Gasteiger partial charge on any atom is 0.490 e. The molecule has 3 rings (SSSR count). The second-order valence-corrected chi connectivity index (χ2v) is 10.3. The van der Waals surface area contributed by atoms with Gasteiger partial charge in [-0.1, -0.05) is 55.5 Å². The Morgan fingerprint density at radius 1 is 1.03 bits per heavy atom. The van der Waals surface area contributed by atoms with E-state index in [4.69, 9.17) is 9.90 Å². The monoisotopic (exact) mass is 529 g/mol. The Bertz CT molecular complexity index is 1080. The van der Waals surface area contributed by atoms with Crippen molar-refractivity contribution in [3.63, 3.8) is 0 Å². The van der Waals surface area contributed by atoms with Gasteiger partial charge in [0.05, 0.1) is 5.75 Å². The summed E-state index contributed by atoms with van der Waals surface area (Å²) in [5.41, 5.74) is 1.70. The lowest BCUT2D eigenvalue weighted by atomic mass is 10.0. The molecule has 0 bridgehead atoms. The van der Waals surface area contributed by atoms with E-state index in [0.29, 0.717) is 38.3 Å². The van der Waals surface area contributed by atoms with Gasteiger partial charge in [-0.25, -0.2) is 13.2 Å². The van der Waals surface area contributed by atoms with Gasteiger partial charge in [0.1, 0.15) is 0 Å². The summed E-state index contributed by atoms with van der Waals surface area (Å²) < 4.78 is 58.8. The summed E-state index contributed by atoms with van der Waals surface area (Å²) in [5, 5.41) is 10.3. The smallest absolute Gasteiger partial charge is 0.475 e. The predicted molar refractivity (Wildman–Crippen MR) is 129 cm³/mol. The van der Waals surface area contributed by atoms with E-state index in [1.165, 1.54) is 4.31 Å². The number of benzene rings is 2. The number of sulfonamides is 1. The number of halogens is 3. The fourth-order valence-corrected chi connectivity index (χ4v) is 4.98. The highest BCUT2D eigenvalue weighted by Gasteiger charge is 2.38. The van der Waals surface area contributed by atoms with Crippen molar-refractivity contribution in [3.8, 4) is 0 Å². The largest absolute Gasteiger partial charge is 0.490 e. The van der Waals surface area contributed by atoms with Gasteiger partial charge in [0.2, 0.25) is 10.0 Å². The first-order chi connectivity index (χ1) is 16.9. The van der Waals surface area contributed by atoms with E-state index >= 15 is 0 Å². The first-order valence-electron chi connectivity index (χ1n) is 11.3. The van der Waals surface area contributed by atoms with E-state index in [1.54, 1.807) is 17.0 Å². The van der Waals surface area contributed by atoms with E-state index in [-0.39, 0.29) is 24.1 Å². The Balaban J connectivity index is 0.000000572. The molecule has 1 fully saturated rings. The van der Waals surface area contributed by atoms with Crippen LogP contribution in [-0.4, -0.2) is 85.8 Å². The summed E-state index contributed by atoms with van der Waals surface area (Å²) in [5.74, 6) is -2.85. The van der Waals surface area contributed by atoms with Crippen molar-refractivity contribution >= 4 is 21.9 Å². The lowest BCUT2D eigenvalue weighted by molar-refractivity contribution is -0.192. The van der Waals surface area contributed by atoms with E-state index in [1.807, 2.05) is 48.5 Å². The van der Waals surface area contributed by atoms with Crippen LogP contribution in [0.2, 0.25) is 0 Å². The van der Waals surface area contributed by atoms with Gasteiger partial charge in [0.25, 0.3) is 5.91 Å². The number of nitrogens with one attached hydrogen (secondary N) is 1. The summed E-state index contributed by atoms with van der Waals surface area (Å²) in [6.45, 7) is 5.00. The average Bonchev–Trinajstić information content (AvgIpc) is 2.87. The van der Waals surface area contributed by atoms with E-state index in [0.717, 1.165) is 5.56 Å². The predicted octanol–water partition coefficient (Wildman–Crippen LogP) is 2.80. The van der Waals surface area contributed by atoms with Crippen LogP contribution in [0, 0.1) is 0 Å². The molecule has 0 aromatic heterocycles. The van der Waals surface area contributed by atoms with E-state index in [9.17, 15) is 26.4 Å². The minimum absolute atomic E-state index is 0.0624. The quantitative estimate of drug-likeness (QED) is 0.545. The standard InChI is InChI=1S/C22H29N3O3S.C2HF3O2/c1-19(20-8-4-2-5-9-20)18-24(22(26)21-10-6-3-7-11-21)16-17-29(27,28)25-14-12-23-13-15-25;3-2(4,5)1(6)7/h2-11,19,23H,12-18H2,1H3;(H,6,7). The first-order valence-corrected chi connectivity index (χ1v) is 12.9. The highest BCUT2D eigenvalue weighted by atomic mass is 32.2. The van der Waals surface area contributed by atoms with E-state index < -0.39 is 22.2 Å². The number of amides is 1. The minimum Gasteiger partial charge on any atom is -0.475 e. The molecule has 1 unspecified atom stereocenters. The number of alkyl halides is 3. The molecular weight excluding hydrogens is 499 g/mol. The second-order valence-electron chi connectivity index (χ2n) is 8.20. The van der Waals surface area contributed by atoms with Crippen LogP contribution in [0.15, 0.2) is 60.7 Å². The summed E-state index contributed by atoms with van der Waals surface area (Å²) in [4.78, 5) is 23.7. The Hall–Kier alpha value is -2.96. The van der Waals surface area contributed by atoms with Crippen LogP contribution in [0.5, 0.6) is 0 Å². The van der Waals surface area contributed by atoms with E-state index in [2.05, 4.69) is 12.2 Å². The number of aliphatic carboxylic acids is 1. The molecule has 198 valence electrons. The van der Waals surface area contributed by atoms with Crippen molar-refractivity contribution in [1.29, 1.82) is 0 Å². The molecular formula is C24H30F3N3O5S. The second kappa shape index (κ2) is 13.4. The number of carbonyl (C=O) groups excluding carboxylic acids is 1. The minimum atomic E-state index is -5.08. The Morgan fingerprint density at radius 2 is 1.53 bits per heavy atom. The molecule has 0 saturated carbocycles. The Kier molecular flexibility index (Phi) is 10.9. The van der Waals surface area contributed by atoms with Gasteiger partial charge >= 0.3 is 12.1 Å². The van der Waals surface area contributed by atoms with Crippen LogP contribution >= 0.6 is 0 Å². The normalized spacial score (nSPS) is 15.3. The third-order valence-corrected chi connectivity index (χ3v) is 7.35. The zero-order valence-electron chi connectivity index (χ0n) is 19.8. The molecule has 1 heterocycles. The number of carboxylic acids is 1. The third-order valence-electron chi connectivity index (χ3n) is 5.50. The number of nitrogens with zero attached hydrogens (tertiary/aromatic N) is 2. The van der Waals surface area contributed by atoms with Crippen molar-refractivity contribution in [2.24, 2.45) is 0 Å². The fourth-order valence-electron chi connectivity index (χ4n) is 3.53. The third kappa shape index (κ3) is 9.25. The maximum absolute atomic E-state index is 13.1. The summed E-state index contributed by atoms with van der Waals surface area (Å²) in [7, 11) is -3.40. The molecule has 8 nitrogen and oxygen atoms in total. The highest BCUT2D eigenvalue weighted by Crippen LogP contribution is 2.18. The van der Waals surface area contributed by atoms with Crippen molar-refractivity contribution in [1.82, 2.24) is 14.5 Å². The summed E-state index contributed by atoms with van der Waals surface area (Å²) in [6, 6.07) is 19.0. The molecule has 2 aromatic rings. The topological polar surface area (TPSA) is 107 Å². The lowest BCUT2D eigenvalue weighted by Crippen LogP contribution is -2.48. The molecule has 2 aromatic carbocycles. The SMILES string of the molecule is CC(CN(CCS(=O)(=O)N1CCNCC1)C(=O)c1ccccc1)c1ccccc1.O=C(O)C(F)(F)F. The lowest BCUT2D eigenvalue weighted by Gasteiger charge is -2.30. The van der Waals surface area contributed by atoms with Crippen molar-refractivity contribution in [3.05, 3.63) is 71.8 Å². The van der Waals surface area contributed by atoms with Crippen LogP contribution in [-0.2, 0) is 14.8 Å². The molecule has 1 atom stereocenters. The van der Waals surface area contributed by atoms with Crippen molar-refractivity contribution in [2.75, 3.05) is 45.0 Å². The van der Waals surface area contributed by atoms with Gasteiger partial charge < -0.3 is 15.3 Å². The molecule has 2 N–H and O–H groups in total. The fraction of sp³-hybridized carbons (Fsp3) is 0.417. The van der Waals surface area contributed by atoms with Crippen molar-refractivity contribution in [2.45, 2.75) is 19.0 Å². The van der Waals surface area contributed by atoms with Gasteiger partial charge in [0.15, 0.2) is 0 Å². The average molecular weight is 530 g/mol. The van der Waals surface area contributed by atoms with Gasteiger partial charge in [-0.05, 0) is 23.6 Å². The molecule has 0 aliphatic carbocycles. The van der Waals surface area contributed by atoms with Crippen molar-refractivity contribution < 1.29 is 36.3 Å². The van der Waals surface area contributed by atoms with Crippen LogP contribution in [0.3, 0.4) is 0 Å². The molecule has 0 spiro atoms. The number of carboxylic acid groups (broad SMARTS) is 1. The number of hydrogen-bond acceptors (Lipinski definition) is 5. The zero-order chi connectivity index (χ0) is 26.8. The van der Waals surface area contributed by atoms with Gasteiger partial charge in [-0.15, -0.1) is 0 Å². The molecule has 0 radical (unpaired) electrons. The molecule has 1 aliphatic rings. The number of rotatable bonds is 8. The van der Waals surface area contributed by atoms with Crippen LogP contribution in [0.1, 0.15) is 28.8 Å². The number of piperazine rings is 1. The van der Waals surface area contributed by atoms with Gasteiger partial charge in [0, 0.05) is 44.8 Å². The van der Waals surface area contributed by atoms with Crippen LogP contribution in [0.25, 0.3) is 0 Å². The number of carbonyl (C=O) groups is 2. The molecule has 36 heavy (non-hydrogen) atoms. The summed E-state index contributed by atoms with van der Waals surface area (Å²) >= 11 is 0. The van der Waals surface area contributed by atoms with Gasteiger partial charge in [-0.2, -0.15) is 17.5 Å². The maximum atomic E-state index is 13.1. The highest BCUT2D eigenvalue weighted by molar-refractivity contribution is 7.89. The summed E-state index contributed by atoms with van der Waals surface area (Å²) in [6.07, 6.45) is -5.08. The van der Waals surface area contributed by atoms with Crippen LogP contribution < -0.4 is 5.32 Å². The first kappa shape index (κ1) is 29.3. The van der Waals surface area contributed by atoms with Gasteiger partial charge in [-0.3, -0.25) is 4.79 Å².